The van der Waals surface area contributed by atoms with Crippen LogP contribution in [-0.4, -0.2) is 50.5 Å². The second kappa shape index (κ2) is 9.64. The summed E-state index contributed by atoms with van der Waals surface area (Å²) in [5.41, 5.74) is 2.90. The van der Waals surface area contributed by atoms with Crippen molar-refractivity contribution in [3.05, 3.63) is 65.5 Å². The van der Waals surface area contributed by atoms with E-state index in [1.807, 2.05) is 43.1 Å². The van der Waals surface area contributed by atoms with E-state index in [-0.39, 0.29) is 6.10 Å². The molecular formula is C25H26ClFN6O. The maximum absolute atomic E-state index is 14.6. The highest BCUT2D eigenvalue weighted by molar-refractivity contribution is 6.30. The van der Waals surface area contributed by atoms with E-state index in [9.17, 15) is 4.39 Å². The van der Waals surface area contributed by atoms with Crippen molar-refractivity contribution < 1.29 is 9.13 Å². The Bertz CT molecular complexity index is 1290. The van der Waals surface area contributed by atoms with Gasteiger partial charge in [0, 0.05) is 48.3 Å². The number of ether oxygens (including phenoxy) is 1. The summed E-state index contributed by atoms with van der Waals surface area (Å²) in [7, 11) is 0. The average molecular weight is 481 g/mol. The molecule has 0 amide bonds. The Morgan fingerprint density at radius 3 is 2.74 bits per heavy atom. The molecule has 176 valence electrons. The molecule has 4 heterocycles. The minimum Gasteiger partial charge on any atom is -0.375 e. The molecule has 1 saturated carbocycles. The van der Waals surface area contributed by atoms with Crippen LogP contribution in [-0.2, 0) is 4.74 Å². The van der Waals surface area contributed by atoms with Crippen LogP contribution >= 0.6 is 11.6 Å². The third-order valence-corrected chi connectivity index (χ3v) is 6.07. The van der Waals surface area contributed by atoms with Crippen molar-refractivity contribution in [1.29, 1.82) is 0 Å². The van der Waals surface area contributed by atoms with Gasteiger partial charge >= 0.3 is 0 Å². The van der Waals surface area contributed by atoms with E-state index in [0.29, 0.717) is 33.9 Å². The van der Waals surface area contributed by atoms with E-state index < -0.39 is 5.82 Å². The smallest absolute Gasteiger partial charge is 0.134 e. The first-order chi connectivity index (χ1) is 16.5. The second-order valence-electron chi connectivity index (χ2n) is 8.68. The van der Waals surface area contributed by atoms with E-state index in [1.165, 1.54) is 18.9 Å². The maximum atomic E-state index is 14.6. The first-order valence-electron chi connectivity index (χ1n) is 11.4. The van der Waals surface area contributed by atoms with Crippen molar-refractivity contribution in [3.8, 4) is 11.3 Å². The fraction of sp³-hybridized carbons (Fsp3) is 0.360. The third kappa shape index (κ3) is 5.03. The molecule has 0 radical (unpaired) electrons. The molecule has 1 aliphatic carbocycles. The Morgan fingerprint density at radius 1 is 1.18 bits per heavy atom. The highest BCUT2D eigenvalue weighted by Gasteiger charge is 2.23. The van der Waals surface area contributed by atoms with Gasteiger partial charge in [0.25, 0.3) is 0 Å². The zero-order chi connectivity index (χ0) is 23.7. The van der Waals surface area contributed by atoms with Gasteiger partial charge in [-0.25, -0.2) is 14.4 Å². The number of fused-ring (bicyclic) bond motifs is 1. The number of pyridine rings is 1. The summed E-state index contributed by atoms with van der Waals surface area (Å²) in [5.74, 6) is 0.318. The number of aryl methyl sites for hydroxylation is 1. The predicted molar refractivity (Wildman–Crippen MR) is 131 cm³/mol. The van der Waals surface area contributed by atoms with Crippen LogP contribution in [0.25, 0.3) is 22.3 Å². The number of benzene rings is 1. The van der Waals surface area contributed by atoms with Crippen LogP contribution in [0.2, 0.25) is 5.02 Å². The molecule has 9 heteroatoms. The number of hydrogen-bond acceptors (Lipinski definition) is 6. The van der Waals surface area contributed by atoms with Gasteiger partial charge in [-0.2, -0.15) is 5.10 Å². The van der Waals surface area contributed by atoms with Gasteiger partial charge in [0.15, 0.2) is 0 Å². The number of rotatable bonds is 3. The van der Waals surface area contributed by atoms with Crippen molar-refractivity contribution in [2.75, 3.05) is 24.6 Å². The lowest BCUT2D eigenvalue weighted by molar-refractivity contribution is 0.0529. The summed E-state index contributed by atoms with van der Waals surface area (Å²) in [6, 6.07) is 9.19. The molecule has 4 aromatic rings. The standard InChI is InChI=1S/C19H18ClFN4O.C6H8N2/c1-11-9-22-19-16(23-11)8-17(25-5-6-26-12(2)10-25)24-18(19)14-4-3-13(20)7-15(14)21;1-4-7-8(5-1)6-2-3-6/h3-4,7-9,12H,5-6,10H2,1-2H3;1,4-6H,2-3H2. The fourth-order valence-electron chi connectivity index (χ4n) is 3.99. The summed E-state index contributed by atoms with van der Waals surface area (Å²) in [6.07, 6.45) is 8.28. The number of morpholine rings is 1. The molecule has 7 nitrogen and oxygen atoms in total. The van der Waals surface area contributed by atoms with Gasteiger partial charge < -0.3 is 9.64 Å². The normalized spacial score (nSPS) is 18.0. The lowest BCUT2D eigenvalue weighted by atomic mass is 10.1. The van der Waals surface area contributed by atoms with Gasteiger partial charge in [0.05, 0.1) is 30.0 Å². The molecule has 1 aromatic carbocycles. The Morgan fingerprint density at radius 2 is 2.03 bits per heavy atom. The van der Waals surface area contributed by atoms with Crippen molar-refractivity contribution in [1.82, 2.24) is 24.7 Å². The Kier molecular flexibility index (Phi) is 6.43. The second-order valence-corrected chi connectivity index (χ2v) is 9.11. The molecule has 2 fully saturated rings. The SMILES string of the molecule is Cc1cnc2c(-c3ccc(Cl)cc3F)nc(N3CCOC(C)C3)cc2n1.c1cnn(C2CC2)c1. The molecule has 2 aliphatic rings. The van der Waals surface area contributed by atoms with Gasteiger partial charge in [-0.1, -0.05) is 11.6 Å². The van der Waals surface area contributed by atoms with Crippen LogP contribution < -0.4 is 4.90 Å². The largest absolute Gasteiger partial charge is 0.375 e. The maximum Gasteiger partial charge on any atom is 0.134 e. The summed E-state index contributed by atoms with van der Waals surface area (Å²) >= 11 is 5.90. The number of halogens is 2. The summed E-state index contributed by atoms with van der Waals surface area (Å²) in [5, 5.41) is 4.44. The van der Waals surface area contributed by atoms with Crippen LogP contribution in [0.1, 0.15) is 31.5 Å². The van der Waals surface area contributed by atoms with Crippen LogP contribution in [0.5, 0.6) is 0 Å². The molecule has 1 saturated heterocycles. The molecular weight excluding hydrogens is 455 g/mol. The monoisotopic (exact) mass is 480 g/mol. The van der Waals surface area contributed by atoms with Crippen molar-refractivity contribution in [2.24, 2.45) is 0 Å². The van der Waals surface area contributed by atoms with Gasteiger partial charge in [-0.05, 0) is 51.0 Å². The van der Waals surface area contributed by atoms with E-state index in [4.69, 9.17) is 21.3 Å². The Hall–Kier alpha value is -3.10. The molecule has 34 heavy (non-hydrogen) atoms. The highest BCUT2D eigenvalue weighted by atomic mass is 35.5. The highest BCUT2D eigenvalue weighted by Crippen LogP contribution is 2.33. The van der Waals surface area contributed by atoms with Crippen LogP contribution in [0.3, 0.4) is 0 Å². The van der Waals surface area contributed by atoms with Gasteiger partial charge in [-0.3, -0.25) is 9.67 Å². The van der Waals surface area contributed by atoms with Crippen molar-refractivity contribution in [3.63, 3.8) is 0 Å². The zero-order valence-electron chi connectivity index (χ0n) is 19.2. The molecule has 6 rings (SSSR count). The predicted octanol–water partition coefficient (Wildman–Crippen LogP) is 5.24. The molecule has 1 aliphatic heterocycles. The summed E-state index contributed by atoms with van der Waals surface area (Å²) in [4.78, 5) is 15.9. The lowest BCUT2D eigenvalue weighted by Gasteiger charge is -2.32. The van der Waals surface area contributed by atoms with E-state index >= 15 is 0 Å². The number of hydrogen-bond donors (Lipinski definition) is 0. The topological polar surface area (TPSA) is 69.0 Å². The number of nitrogens with zero attached hydrogens (tertiary/aromatic N) is 6. The molecule has 0 N–H and O–H groups in total. The van der Waals surface area contributed by atoms with Crippen LogP contribution in [0.15, 0.2) is 48.9 Å². The van der Waals surface area contributed by atoms with E-state index in [2.05, 4.69) is 20.0 Å². The molecule has 1 unspecified atom stereocenters. The first kappa shape index (κ1) is 22.7. The Labute approximate surface area is 202 Å². The molecule has 1 atom stereocenters. The lowest BCUT2D eigenvalue weighted by Crippen LogP contribution is -2.41. The third-order valence-electron chi connectivity index (χ3n) is 5.83. The minimum atomic E-state index is -0.429. The van der Waals surface area contributed by atoms with E-state index in [0.717, 1.165) is 30.6 Å². The number of aromatic nitrogens is 5. The molecule has 0 bridgehead atoms. The number of anilines is 1. The minimum absolute atomic E-state index is 0.112. The first-order valence-corrected chi connectivity index (χ1v) is 11.8. The van der Waals surface area contributed by atoms with Crippen molar-refractivity contribution >= 4 is 28.5 Å². The fourth-order valence-corrected chi connectivity index (χ4v) is 4.15. The van der Waals surface area contributed by atoms with Crippen LogP contribution in [0.4, 0.5) is 10.2 Å². The van der Waals surface area contributed by atoms with E-state index in [1.54, 1.807) is 18.3 Å². The summed E-state index contributed by atoms with van der Waals surface area (Å²) < 4.78 is 22.2. The van der Waals surface area contributed by atoms with Crippen LogP contribution in [0, 0.1) is 12.7 Å². The van der Waals surface area contributed by atoms with Gasteiger partial charge in [-0.15, -0.1) is 0 Å². The molecule has 0 spiro atoms. The van der Waals surface area contributed by atoms with Crippen molar-refractivity contribution in [2.45, 2.75) is 38.8 Å². The van der Waals surface area contributed by atoms with Gasteiger partial charge in [0.2, 0.25) is 0 Å². The molecule has 3 aromatic heterocycles. The zero-order valence-corrected chi connectivity index (χ0v) is 19.9. The van der Waals surface area contributed by atoms with Gasteiger partial charge in [0.1, 0.15) is 22.8 Å². The quantitative estimate of drug-likeness (QED) is 0.399. The summed E-state index contributed by atoms with van der Waals surface area (Å²) in [6.45, 7) is 5.98. The Balaban J connectivity index is 0.000000252. The average Bonchev–Trinajstić information content (AvgIpc) is 3.52.